The molecule has 7 nitrogen and oxygen atoms in total. The monoisotopic (exact) mass is 408 g/mol. The highest BCUT2D eigenvalue weighted by molar-refractivity contribution is 14.0. The molecule has 0 bridgehead atoms. The number of aliphatic imine (C=N–C) groups is 1. The summed E-state index contributed by atoms with van der Waals surface area (Å²) in [6.45, 7) is 5.84. The number of guanidine groups is 1. The van der Waals surface area contributed by atoms with Gasteiger partial charge in [0.25, 0.3) is 0 Å². The van der Waals surface area contributed by atoms with E-state index in [1.165, 1.54) is 12.8 Å². The molecule has 0 fully saturated rings. The highest BCUT2D eigenvalue weighted by Crippen LogP contribution is 2.14. The van der Waals surface area contributed by atoms with Crippen molar-refractivity contribution in [1.82, 2.24) is 25.4 Å². The van der Waals surface area contributed by atoms with E-state index >= 15 is 0 Å². The summed E-state index contributed by atoms with van der Waals surface area (Å²) in [6.07, 6.45) is 3.44. The molecule has 0 saturated carbocycles. The Morgan fingerprint density at radius 3 is 2.95 bits per heavy atom. The third kappa shape index (κ3) is 5.42. The largest absolute Gasteiger partial charge is 0.383 e. The van der Waals surface area contributed by atoms with Crippen LogP contribution < -0.4 is 10.6 Å². The minimum absolute atomic E-state index is 0. The molecular weight excluding hydrogens is 383 g/mol. The molecule has 0 amide bonds. The highest BCUT2D eigenvalue weighted by atomic mass is 127. The van der Waals surface area contributed by atoms with Gasteiger partial charge in [-0.2, -0.15) is 0 Å². The first-order valence-corrected chi connectivity index (χ1v) is 7.27. The van der Waals surface area contributed by atoms with Crippen molar-refractivity contribution in [3.8, 4) is 0 Å². The van der Waals surface area contributed by atoms with Crippen LogP contribution in [-0.4, -0.2) is 47.5 Å². The van der Waals surface area contributed by atoms with Crippen molar-refractivity contribution in [2.45, 2.75) is 39.3 Å². The van der Waals surface area contributed by atoms with E-state index in [4.69, 9.17) is 4.74 Å². The number of aromatic nitrogens is 3. The van der Waals surface area contributed by atoms with E-state index in [0.29, 0.717) is 13.2 Å². The summed E-state index contributed by atoms with van der Waals surface area (Å²) in [5.41, 5.74) is 0. The Bertz CT molecular complexity index is 448. The Balaban J connectivity index is 0.00000220. The Morgan fingerprint density at radius 2 is 2.19 bits per heavy atom. The fourth-order valence-corrected chi connectivity index (χ4v) is 2.25. The molecule has 8 heteroatoms. The van der Waals surface area contributed by atoms with Gasteiger partial charge in [0.05, 0.1) is 6.61 Å². The summed E-state index contributed by atoms with van der Waals surface area (Å²) in [4.78, 5) is 4.55. The number of fused-ring (bicyclic) bond motifs is 1. The van der Waals surface area contributed by atoms with Crippen LogP contribution in [0, 0.1) is 0 Å². The zero-order valence-corrected chi connectivity index (χ0v) is 15.1. The number of hydrogen-bond donors (Lipinski definition) is 2. The van der Waals surface area contributed by atoms with Crippen molar-refractivity contribution in [1.29, 1.82) is 0 Å². The van der Waals surface area contributed by atoms with Crippen LogP contribution >= 0.6 is 24.0 Å². The van der Waals surface area contributed by atoms with E-state index in [-0.39, 0.29) is 24.0 Å². The van der Waals surface area contributed by atoms with E-state index in [1.807, 2.05) is 6.92 Å². The van der Waals surface area contributed by atoms with Crippen molar-refractivity contribution in [3.05, 3.63) is 11.6 Å². The summed E-state index contributed by atoms with van der Waals surface area (Å²) >= 11 is 0. The summed E-state index contributed by atoms with van der Waals surface area (Å²) < 4.78 is 7.22. The third-order valence-corrected chi connectivity index (χ3v) is 3.26. The summed E-state index contributed by atoms with van der Waals surface area (Å²) in [5, 5.41) is 14.9. The van der Waals surface area contributed by atoms with Crippen molar-refractivity contribution >= 4 is 29.9 Å². The van der Waals surface area contributed by atoms with Crippen LogP contribution in [0.25, 0.3) is 0 Å². The van der Waals surface area contributed by atoms with Crippen molar-refractivity contribution < 1.29 is 4.74 Å². The average molecular weight is 408 g/mol. The van der Waals surface area contributed by atoms with Crippen molar-refractivity contribution in [3.63, 3.8) is 0 Å². The molecular formula is C13H25IN6O. The van der Waals surface area contributed by atoms with E-state index in [9.17, 15) is 0 Å². The van der Waals surface area contributed by atoms with Crippen molar-refractivity contribution in [2.75, 3.05) is 26.8 Å². The topological polar surface area (TPSA) is 76.4 Å². The molecule has 1 aliphatic rings. The summed E-state index contributed by atoms with van der Waals surface area (Å²) in [5.74, 6) is 2.83. The first kappa shape index (κ1) is 18.1. The number of ether oxygens (including phenoxy) is 1. The second-order valence-corrected chi connectivity index (χ2v) is 4.76. The first-order chi connectivity index (χ1) is 9.85. The molecule has 0 spiro atoms. The number of nitrogens with one attached hydrogen (secondary N) is 2. The Hall–Kier alpha value is -0.900. The minimum Gasteiger partial charge on any atom is -0.383 e. The van der Waals surface area contributed by atoms with Gasteiger partial charge < -0.3 is 19.9 Å². The number of hydrogen-bond acceptors (Lipinski definition) is 4. The molecule has 0 aliphatic carbocycles. The quantitative estimate of drug-likeness (QED) is 0.317. The lowest BCUT2D eigenvalue weighted by Gasteiger charge is -2.14. The van der Waals surface area contributed by atoms with E-state index < -0.39 is 0 Å². The van der Waals surface area contributed by atoms with Gasteiger partial charge in [0.2, 0.25) is 0 Å². The van der Waals surface area contributed by atoms with Crippen LogP contribution in [0.3, 0.4) is 0 Å². The molecule has 1 aromatic rings. The maximum absolute atomic E-state index is 5.02. The zero-order chi connectivity index (χ0) is 14.2. The molecule has 2 heterocycles. The Kier molecular flexibility index (Phi) is 8.58. The third-order valence-electron chi connectivity index (χ3n) is 3.26. The smallest absolute Gasteiger partial charge is 0.191 e. The van der Waals surface area contributed by atoms with Crippen LogP contribution in [-0.2, 0) is 24.2 Å². The van der Waals surface area contributed by atoms with Crippen LogP contribution in [0.1, 0.15) is 31.4 Å². The molecule has 1 aliphatic heterocycles. The van der Waals surface area contributed by atoms with Gasteiger partial charge in [0, 0.05) is 33.2 Å². The van der Waals surface area contributed by atoms with E-state index in [1.54, 1.807) is 7.11 Å². The van der Waals surface area contributed by atoms with Gasteiger partial charge in [0.1, 0.15) is 12.4 Å². The second-order valence-electron chi connectivity index (χ2n) is 4.76. The summed E-state index contributed by atoms with van der Waals surface area (Å²) in [7, 11) is 1.69. The van der Waals surface area contributed by atoms with Gasteiger partial charge in [-0.1, -0.05) is 0 Å². The SMILES string of the molecule is CCNC(=NCc1nnc2n1CCCC2)NCCOC.I. The molecule has 2 rings (SSSR count). The molecule has 0 unspecified atom stereocenters. The molecule has 2 N–H and O–H groups in total. The lowest BCUT2D eigenvalue weighted by atomic mass is 10.2. The van der Waals surface area contributed by atoms with Crippen LogP contribution in [0.4, 0.5) is 0 Å². The van der Waals surface area contributed by atoms with Gasteiger partial charge >= 0.3 is 0 Å². The Morgan fingerprint density at radius 1 is 1.33 bits per heavy atom. The molecule has 0 radical (unpaired) electrons. The fourth-order valence-electron chi connectivity index (χ4n) is 2.25. The molecule has 0 atom stereocenters. The minimum atomic E-state index is 0. The maximum atomic E-state index is 5.02. The van der Waals surface area contributed by atoms with Gasteiger partial charge in [-0.25, -0.2) is 4.99 Å². The lowest BCUT2D eigenvalue weighted by molar-refractivity contribution is 0.203. The summed E-state index contributed by atoms with van der Waals surface area (Å²) in [6, 6.07) is 0. The van der Waals surface area contributed by atoms with Gasteiger partial charge in [0.15, 0.2) is 11.8 Å². The number of methoxy groups -OCH3 is 1. The Labute approximate surface area is 143 Å². The predicted octanol–water partition coefficient (Wildman–Crippen LogP) is 0.934. The normalized spacial score (nSPS) is 14.3. The number of nitrogens with zero attached hydrogens (tertiary/aromatic N) is 4. The number of aryl methyl sites for hydroxylation is 1. The van der Waals surface area contributed by atoms with Gasteiger partial charge in [-0.05, 0) is 19.8 Å². The van der Waals surface area contributed by atoms with Gasteiger partial charge in [-0.3, -0.25) is 0 Å². The second kappa shape index (κ2) is 9.93. The molecule has 0 saturated heterocycles. The number of halogens is 1. The standard InChI is InChI=1S/C13H24N6O.HI/c1-3-14-13(15-7-9-20-2)16-10-12-18-17-11-6-4-5-8-19(11)12;/h3-10H2,1-2H3,(H2,14,15,16);1H. The fraction of sp³-hybridized carbons (Fsp3) is 0.769. The van der Waals surface area contributed by atoms with Crippen LogP contribution in [0.5, 0.6) is 0 Å². The molecule has 0 aromatic carbocycles. The lowest BCUT2D eigenvalue weighted by Crippen LogP contribution is -2.38. The zero-order valence-electron chi connectivity index (χ0n) is 12.8. The maximum Gasteiger partial charge on any atom is 0.191 e. The van der Waals surface area contributed by atoms with Gasteiger partial charge in [-0.15, -0.1) is 34.2 Å². The highest BCUT2D eigenvalue weighted by Gasteiger charge is 2.15. The van der Waals surface area contributed by atoms with Crippen molar-refractivity contribution in [2.24, 2.45) is 4.99 Å². The predicted molar refractivity (Wildman–Crippen MR) is 93.1 cm³/mol. The molecule has 120 valence electrons. The van der Waals surface area contributed by atoms with Crippen LogP contribution in [0.2, 0.25) is 0 Å². The van der Waals surface area contributed by atoms with Crippen LogP contribution in [0.15, 0.2) is 4.99 Å². The molecule has 21 heavy (non-hydrogen) atoms. The molecule has 1 aromatic heterocycles. The first-order valence-electron chi connectivity index (χ1n) is 7.27. The average Bonchev–Trinajstić information content (AvgIpc) is 2.88. The van der Waals surface area contributed by atoms with E-state index in [2.05, 4.69) is 30.4 Å². The number of rotatable bonds is 6. The van der Waals surface area contributed by atoms with E-state index in [0.717, 1.165) is 43.7 Å².